The van der Waals surface area contributed by atoms with E-state index in [2.05, 4.69) is 51.1 Å². The van der Waals surface area contributed by atoms with Gasteiger partial charge in [-0.25, -0.2) is 0 Å². The average Bonchev–Trinajstić information content (AvgIpc) is 2.24. The van der Waals surface area contributed by atoms with Crippen LogP contribution in [0, 0.1) is 13.8 Å². The summed E-state index contributed by atoms with van der Waals surface area (Å²) in [6.45, 7) is 10.4. The molecule has 0 fully saturated rings. The highest BCUT2D eigenvalue weighted by Gasteiger charge is 1.96. The molecule has 0 heteroatoms. The summed E-state index contributed by atoms with van der Waals surface area (Å²) in [5, 5.41) is 0. The van der Waals surface area contributed by atoms with Crippen molar-refractivity contribution in [3.05, 3.63) is 47.0 Å². The van der Waals surface area contributed by atoms with Crippen molar-refractivity contribution >= 4 is 0 Å². The Labute approximate surface area is 95.0 Å². The number of allylic oxidation sites excluding steroid dienone is 2. The fraction of sp³-hybridized carbons (Fsp3) is 0.467. The third-order valence-corrected chi connectivity index (χ3v) is 2.31. The molecule has 0 heterocycles. The predicted octanol–water partition coefficient (Wildman–Crippen LogP) is 4.84. The second kappa shape index (κ2) is 8.28. The van der Waals surface area contributed by atoms with E-state index in [1.807, 2.05) is 13.8 Å². The van der Waals surface area contributed by atoms with E-state index in [0.717, 1.165) is 12.8 Å². The number of rotatable bonds is 3. The minimum absolute atomic E-state index is 1.15. The number of hydrogen-bond donors (Lipinski definition) is 0. The molecule has 0 saturated carbocycles. The molecule has 1 aromatic rings. The fourth-order valence-electron chi connectivity index (χ4n) is 1.53. The van der Waals surface area contributed by atoms with Crippen LogP contribution in [0.25, 0.3) is 0 Å². The Morgan fingerprint density at radius 1 is 1.13 bits per heavy atom. The first-order valence-electron chi connectivity index (χ1n) is 5.91. The van der Waals surface area contributed by atoms with Gasteiger partial charge in [0.2, 0.25) is 0 Å². The first kappa shape index (κ1) is 14.0. The largest absolute Gasteiger partial charge is 0.0917 e. The molecule has 0 saturated heterocycles. The lowest BCUT2D eigenvalue weighted by Gasteiger charge is -2.04. The van der Waals surface area contributed by atoms with E-state index in [9.17, 15) is 0 Å². The molecule has 0 nitrogen and oxygen atoms in total. The molecule has 15 heavy (non-hydrogen) atoms. The number of hydrogen-bond acceptors (Lipinski definition) is 0. The van der Waals surface area contributed by atoms with E-state index in [1.165, 1.54) is 16.7 Å². The van der Waals surface area contributed by atoms with Crippen LogP contribution in [0.15, 0.2) is 30.4 Å². The summed E-state index contributed by atoms with van der Waals surface area (Å²) >= 11 is 0. The van der Waals surface area contributed by atoms with Gasteiger partial charge in [0.1, 0.15) is 0 Å². The summed E-state index contributed by atoms with van der Waals surface area (Å²) in [6, 6.07) is 6.69. The van der Waals surface area contributed by atoms with Gasteiger partial charge < -0.3 is 0 Å². The van der Waals surface area contributed by atoms with Gasteiger partial charge in [-0.3, -0.25) is 0 Å². The number of aryl methyl sites for hydroxylation is 3. The second-order valence-electron chi connectivity index (χ2n) is 3.54. The van der Waals surface area contributed by atoms with Crippen LogP contribution in [-0.4, -0.2) is 0 Å². The van der Waals surface area contributed by atoms with E-state index in [-0.39, 0.29) is 0 Å². The normalized spacial score (nSPS) is 9.93. The van der Waals surface area contributed by atoms with Crippen LogP contribution in [0.2, 0.25) is 0 Å². The van der Waals surface area contributed by atoms with Crippen molar-refractivity contribution in [2.45, 2.75) is 47.5 Å². The quantitative estimate of drug-likeness (QED) is 0.618. The van der Waals surface area contributed by atoms with Gasteiger partial charge in [0, 0.05) is 0 Å². The third kappa shape index (κ3) is 5.41. The van der Waals surface area contributed by atoms with Gasteiger partial charge in [0.05, 0.1) is 0 Å². The molecular weight excluding hydrogens is 180 g/mol. The summed E-state index contributed by atoms with van der Waals surface area (Å²) in [4.78, 5) is 0. The predicted molar refractivity (Wildman–Crippen MR) is 70.4 cm³/mol. The molecule has 0 aliphatic rings. The molecule has 0 aromatic heterocycles. The summed E-state index contributed by atoms with van der Waals surface area (Å²) in [6.07, 6.45) is 6.65. The SMILES string of the molecule is C/C=C\CCc1ccc(C)cc1C.CC. The monoisotopic (exact) mass is 204 g/mol. The minimum Gasteiger partial charge on any atom is -0.0917 e. The van der Waals surface area contributed by atoms with Gasteiger partial charge in [0.15, 0.2) is 0 Å². The highest BCUT2D eigenvalue weighted by molar-refractivity contribution is 5.30. The molecule has 0 radical (unpaired) electrons. The molecule has 0 spiro atoms. The van der Waals surface area contributed by atoms with E-state index < -0.39 is 0 Å². The third-order valence-electron chi connectivity index (χ3n) is 2.31. The second-order valence-corrected chi connectivity index (χ2v) is 3.54. The van der Waals surface area contributed by atoms with E-state index in [4.69, 9.17) is 0 Å². The molecule has 0 aliphatic heterocycles. The van der Waals surface area contributed by atoms with Gasteiger partial charge in [0.25, 0.3) is 0 Å². The molecule has 0 amide bonds. The van der Waals surface area contributed by atoms with Crippen LogP contribution in [-0.2, 0) is 6.42 Å². The van der Waals surface area contributed by atoms with Crippen LogP contribution in [0.5, 0.6) is 0 Å². The fourth-order valence-corrected chi connectivity index (χ4v) is 1.53. The van der Waals surface area contributed by atoms with Crippen molar-refractivity contribution in [1.82, 2.24) is 0 Å². The highest BCUT2D eigenvalue weighted by atomic mass is 14.0. The van der Waals surface area contributed by atoms with E-state index in [1.54, 1.807) is 0 Å². The van der Waals surface area contributed by atoms with Crippen LogP contribution in [0.3, 0.4) is 0 Å². The Morgan fingerprint density at radius 2 is 1.80 bits per heavy atom. The molecule has 0 atom stereocenters. The maximum atomic E-state index is 2.25. The van der Waals surface area contributed by atoms with E-state index in [0.29, 0.717) is 0 Å². The van der Waals surface area contributed by atoms with Gasteiger partial charge >= 0.3 is 0 Å². The lowest BCUT2D eigenvalue weighted by atomic mass is 10.0. The Morgan fingerprint density at radius 3 is 2.33 bits per heavy atom. The van der Waals surface area contributed by atoms with Gasteiger partial charge in [-0.05, 0) is 44.7 Å². The molecule has 0 unspecified atom stereocenters. The van der Waals surface area contributed by atoms with Crippen molar-refractivity contribution in [3.8, 4) is 0 Å². The molecule has 1 aromatic carbocycles. The maximum Gasteiger partial charge on any atom is -0.0242 e. The van der Waals surface area contributed by atoms with Crippen molar-refractivity contribution in [2.24, 2.45) is 0 Å². The highest BCUT2D eigenvalue weighted by Crippen LogP contribution is 2.12. The zero-order valence-electron chi connectivity index (χ0n) is 10.8. The zero-order chi connectivity index (χ0) is 11.7. The summed E-state index contributed by atoms with van der Waals surface area (Å²) < 4.78 is 0. The molecule has 0 N–H and O–H groups in total. The van der Waals surface area contributed by atoms with Gasteiger partial charge in [-0.15, -0.1) is 0 Å². The van der Waals surface area contributed by atoms with Crippen molar-refractivity contribution < 1.29 is 0 Å². The maximum absolute atomic E-state index is 2.25. The van der Waals surface area contributed by atoms with Gasteiger partial charge in [-0.2, -0.15) is 0 Å². The van der Waals surface area contributed by atoms with Crippen LogP contribution < -0.4 is 0 Å². The Kier molecular flexibility index (Phi) is 7.71. The van der Waals surface area contributed by atoms with Crippen molar-refractivity contribution in [2.75, 3.05) is 0 Å². The number of benzene rings is 1. The van der Waals surface area contributed by atoms with Crippen molar-refractivity contribution in [1.29, 1.82) is 0 Å². The molecular formula is C15H24. The summed E-state index contributed by atoms with van der Waals surface area (Å²) in [5.41, 5.74) is 4.25. The Bertz CT molecular complexity index is 295. The first-order valence-corrected chi connectivity index (χ1v) is 5.91. The molecule has 84 valence electrons. The average molecular weight is 204 g/mol. The Hall–Kier alpha value is -1.04. The summed E-state index contributed by atoms with van der Waals surface area (Å²) in [5.74, 6) is 0. The summed E-state index contributed by atoms with van der Waals surface area (Å²) in [7, 11) is 0. The van der Waals surface area contributed by atoms with Crippen molar-refractivity contribution in [3.63, 3.8) is 0 Å². The first-order chi connectivity index (χ1) is 7.24. The van der Waals surface area contributed by atoms with Crippen LogP contribution >= 0.6 is 0 Å². The minimum atomic E-state index is 1.15. The molecule has 0 aliphatic carbocycles. The molecule has 1 rings (SSSR count). The smallest absolute Gasteiger partial charge is 0.0242 e. The lowest BCUT2D eigenvalue weighted by Crippen LogP contribution is -1.89. The van der Waals surface area contributed by atoms with Gasteiger partial charge in [-0.1, -0.05) is 49.8 Å². The Balaban J connectivity index is 0.000000921. The zero-order valence-corrected chi connectivity index (χ0v) is 10.8. The van der Waals surface area contributed by atoms with E-state index >= 15 is 0 Å². The lowest BCUT2D eigenvalue weighted by molar-refractivity contribution is 0.983. The topological polar surface area (TPSA) is 0 Å². The standard InChI is InChI=1S/C13H18.C2H6/c1-4-5-6-7-13-9-8-11(2)10-12(13)3;1-2/h4-5,8-10H,6-7H2,1-3H3;1-2H3/b5-4-;. The molecule has 0 bridgehead atoms. The van der Waals surface area contributed by atoms with Crippen LogP contribution in [0.4, 0.5) is 0 Å². The van der Waals surface area contributed by atoms with Crippen LogP contribution in [0.1, 0.15) is 43.9 Å².